The number of fused-ring (bicyclic) bond motifs is 1. The zero-order chi connectivity index (χ0) is 36.4. The highest BCUT2D eigenvalue weighted by Gasteiger charge is 2.34. The fourth-order valence-electron chi connectivity index (χ4n) is 5.89. The maximum absolute atomic E-state index is 14.5. The number of thiazole rings is 1. The van der Waals surface area contributed by atoms with Gasteiger partial charge in [0.2, 0.25) is 0 Å². The Morgan fingerprint density at radius 3 is 2.33 bits per heavy atom. The van der Waals surface area contributed by atoms with Crippen molar-refractivity contribution >= 4 is 29.4 Å². The molecule has 0 amide bonds. The van der Waals surface area contributed by atoms with E-state index in [0.29, 0.717) is 31.9 Å². The van der Waals surface area contributed by atoms with E-state index in [0.717, 1.165) is 28.1 Å². The molecule has 0 aliphatic carbocycles. The minimum absolute atomic E-state index is 0.0318. The standard InChI is InChI=1S/C40H40N4O6S/c1-23(2)22-49-39(47)34-26(6)41-40-44(36(34)27-13-15-28(16-14-27)38(46)48-7)37(45)33(51-40)20-30-21-43(31-11-9-8-10-12-31)42-35(30)29-17-18-32(25(5)19-29)50-24(3)4/h8-21,23-24,36H,22H2,1-7H3. The van der Waals surface area contributed by atoms with Gasteiger partial charge in [0.15, 0.2) is 4.80 Å². The van der Waals surface area contributed by atoms with E-state index in [9.17, 15) is 14.4 Å². The third-order valence-electron chi connectivity index (χ3n) is 8.30. The van der Waals surface area contributed by atoms with Gasteiger partial charge in [0.1, 0.15) is 11.4 Å². The van der Waals surface area contributed by atoms with Crippen LogP contribution in [0.4, 0.5) is 0 Å². The molecule has 3 heterocycles. The Morgan fingerprint density at radius 1 is 0.961 bits per heavy atom. The van der Waals surface area contributed by atoms with Gasteiger partial charge in [0.25, 0.3) is 5.56 Å². The lowest BCUT2D eigenvalue weighted by atomic mass is 9.95. The summed E-state index contributed by atoms with van der Waals surface area (Å²) >= 11 is 1.23. The van der Waals surface area contributed by atoms with Crippen LogP contribution < -0.4 is 19.6 Å². The fourth-order valence-corrected chi connectivity index (χ4v) is 6.93. The van der Waals surface area contributed by atoms with Crippen LogP contribution in [0.1, 0.15) is 67.7 Å². The van der Waals surface area contributed by atoms with Crippen LogP contribution in [0.25, 0.3) is 23.0 Å². The molecule has 3 aromatic carbocycles. The monoisotopic (exact) mass is 704 g/mol. The molecule has 0 saturated carbocycles. The highest BCUT2D eigenvalue weighted by Crippen LogP contribution is 2.32. The summed E-state index contributed by atoms with van der Waals surface area (Å²) in [5.74, 6) is -0.128. The molecular weight excluding hydrogens is 665 g/mol. The number of hydrogen-bond acceptors (Lipinski definition) is 9. The zero-order valence-electron chi connectivity index (χ0n) is 29.7. The highest BCUT2D eigenvalue weighted by atomic mass is 32.1. The molecule has 0 fully saturated rings. The number of aryl methyl sites for hydroxylation is 1. The van der Waals surface area contributed by atoms with Crippen LogP contribution in [-0.2, 0) is 14.3 Å². The molecule has 0 spiro atoms. The summed E-state index contributed by atoms with van der Waals surface area (Å²) < 4.78 is 20.3. The number of rotatable bonds is 10. The van der Waals surface area contributed by atoms with E-state index in [2.05, 4.69) is 0 Å². The molecule has 51 heavy (non-hydrogen) atoms. The first-order valence-corrected chi connectivity index (χ1v) is 17.6. The Morgan fingerprint density at radius 2 is 1.69 bits per heavy atom. The van der Waals surface area contributed by atoms with Crippen molar-refractivity contribution in [3.8, 4) is 22.7 Å². The normalized spacial score (nSPS) is 14.5. The number of methoxy groups -OCH3 is 1. The summed E-state index contributed by atoms with van der Waals surface area (Å²) in [4.78, 5) is 45.5. The molecule has 1 aliphatic heterocycles. The molecule has 10 nitrogen and oxygen atoms in total. The van der Waals surface area contributed by atoms with Crippen LogP contribution in [0.5, 0.6) is 5.75 Å². The molecule has 1 unspecified atom stereocenters. The number of aromatic nitrogens is 3. The number of carbonyl (C=O) groups excluding carboxylic acids is 2. The SMILES string of the molecule is COC(=O)c1ccc(C2C(C(=O)OCC(C)C)=C(C)N=c3sc(=Cc4cn(-c5ccccc5)nc4-c4ccc(OC(C)C)c(C)c4)c(=O)n32)cc1. The first-order valence-electron chi connectivity index (χ1n) is 16.8. The first-order chi connectivity index (χ1) is 24.4. The van der Waals surface area contributed by atoms with Gasteiger partial charge in [-0.3, -0.25) is 9.36 Å². The highest BCUT2D eigenvalue weighted by molar-refractivity contribution is 7.07. The predicted molar refractivity (Wildman–Crippen MR) is 197 cm³/mol. The van der Waals surface area contributed by atoms with Gasteiger partial charge in [0.05, 0.1) is 52.9 Å². The van der Waals surface area contributed by atoms with E-state index in [1.54, 1.807) is 35.9 Å². The Balaban J connectivity index is 1.52. The van der Waals surface area contributed by atoms with E-state index in [-0.39, 0.29) is 29.8 Å². The smallest absolute Gasteiger partial charge is 0.338 e. The minimum atomic E-state index is -0.836. The van der Waals surface area contributed by atoms with Crippen LogP contribution in [-0.4, -0.2) is 46.1 Å². The molecule has 5 aromatic rings. The van der Waals surface area contributed by atoms with Crippen LogP contribution in [0.2, 0.25) is 0 Å². The minimum Gasteiger partial charge on any atom is -0.491 e. The van der Waals surface area contributed by atoms with Crippen LogP contribution in [0.15, 0.2) is 100 Å². The quantitative estimate of drug-likeness (QED) is 0.160. The summed E-state index contributed by atoms with van der Waals surface area (Å²) in [6.07, 6.45) is 3.76. The van der Waals surface area contributed by atoms with Crippen LogP contribution in [0.3, 0.4) is 0 Å². The molecule has 1 aliphatic rings. The van der Waals surface area contributed by atoms with Gasteiger partial charge in [0, 0.05) is 17.3 Å². The molecule has 0 bridgehead atoms. The third kappa shape index (κ3) is 7.34. The molecule has 0 N–H and O–H groups in total. The number of esters is 2. The van der Waals surface area contributed by atoms with E-state index in [4.69, 9.17) is 24.3 Å². The van der Waals surface area contributed by atoms with Crippen molar-refractivity contribution < 1.29 is 23.8 Å². The lowest BCUT2D eigenvalue weighted by molar-refractivity contribution is -0.140. The molecule has 6 rings (SSSR count). The summed E-state index contributed by atoms with van der Waals surface area (Å²) in [5.41, 5.74) is 5.48. The molecule has 0 saturated heterocycles. The van der Waals surface area contributed by atoms with Crippen molar-refractivity contribution in [1.29, 1.82) is 0 Å². The summed E-state index contributed by atoms with van der Waals surface area (Å²) in [6, 6.07) is 21.6. The van der Waals surface area contributed by atoms with E-state index >= 15 is 0 Å². The topological polar surface area (TPSA) is 114 Å². The molecule has 262 valence electrons. The van der Waals surface area contributed by atoms with Crippen molar-refractivity contribution in [2.24, 2.45) is 10.9 Å². The summed E-state index contributed by atoms with van der Waals surface area (Å²) in [5, 5.41) is 4.97. The van der Waals surface area contributed by atoms with Crippen molar-refractivity contribution in [3.05, 3.63) is 132 Å². The van der Waals surface area contributed by atoms with E-state index in [1.807, 2.05) is 95.4 Å². The number of nitrogens with zero attached hydrogens (tertiary/aromatic N) is 4. The van der Waals surface area contributed by atoms with Crippen LogP contribution in [0, 0.1) is 12.8 Å². The van der Waals surface area contributed by atoms with Crippen molar-refractivity contribution in [1.82, 2.24) is 14.3 Å². The second-order valence-electron chi connectivity index (χ2n) is 13.0. The lowest BCUT2D eigenvalue weighted by Gasteiger charge is -2.25. The van der Waals surface area contributed by atoms with Crippen molar-refractivity contribution in [2.45, 2.75) is 53.7 Å². The molecule has 11 heteroatoms. The first kappa shape index (κ1) is 35.3. The molecule has 2 aromatic heterocycles. The van der Waals surface area contributed by atoms with E-state index in [1.165, 1.54) is 23.0 Å². The number of para-hydroxylation sites is 1. The molecule has 0 radical (unpaired) electrons. The lowest BCUT2D eigenvalue weighted by Crippen LogP contribution is -2.40. The summed E-state index contributed by atoms with van der Waals surface area (Å²) in [7, 11) is 1.31. The second-order valence-corrected chi connectivity index (χ2v) is 14.1. The Labute approximate surface area is 300 Å². The number of benzene rings is 3. The Hall–Kier alpha value is -5.55. The average molecular weight is 705 g/mol. The Kier molecular flexibility index (Phi) is 10.2. The van der Waals surface area contributed by atoms with Gasteiger partial charge in [-0.05, 0) is 93.3 Å². The van der Waals surface area contributed by atoms with Gasteiger partial charge < -0.3 is 14.2 Å². The van der Waals surface area contributed by atoms with E-state index < -0.39 is 18.0 Å². The van der Waals surface area contributed by atoms with Crippen molar-refractivity contribution in [2.75, 3.05) is 13.7 Å². The summed E-state index contributed by atoms with van der Waals surface area (Å²) in [6.45, 7) is 11.8. The van der Waals surface area contributed by atoms with Gasteiger partial charge in [-0.15, -0.1) is 0 Å². The number of carbonyl (C=O) groups is 2. The number of ether oxygens (including phenoxy) is 3. The molecular formula is C40H40N4O6S. The largest absolute Gasteiger partial charge is 0.491 e. The maximum atomic E-state index is 14.5. The zero-order valence-corrected chi connectivity index (χ0v) is 30.5. The van der Waals surface area contributed by atoms with Crippen LogP contribution >= 0.6 is 11.3 Å². The van der Waals surface area contributed by atoms with Gasteiger partial charge in [-0.1, -0.05) is 55.5 Å². The average Bonchev–Trinajstić information content (AvgIpc) is 3.67. The van der Waals surface area contributed by atoms with Crippen molar-refractivity contribution in [3.63, 3.8) is 0 Å². The van der Waals surface area contributed by atoms with Gasteiger partial charge in [-0.25, -0.2) is 19.3 Å². The fraction of sp³-hybridized carbons (Fsp3) is 0.275. The molecule has 1 atom stereocenters. The number of hydrogen-bond donors (Lipinski definition) is 0. The Bertz CT molecular complexity index is 2310. The van der Waals surface area contributed by atoms with Gasteiger partial charge in [-0.2, -0.15) is 5.10 Å². The predicted octanol–water partition coefficient (Wildman–Crippen LogP) is 6.17. The second kappa shape index (κ2) is 14.7. The number of allylic oxidation sites excluding steroid dienone is 1. The maximum Gasteiger partial charge on any atom is 0.338 e. The third-order valence-corrected chi connectivity index (χ3v) is 9.28. The van der Waals surface area contributed by atoms with Gasteiger partial charge >= 0.3 is 11.9 Å².